The minimum absolute atomic E-state index is 0.760. The van der Waals surface area contributed by atoms with Gasteiger partial charge in [0.15, 0.2) is 0 Å². The van der Waals surface area contributed by atoms with E-state index in [0.717, 1.165) is 34.4 Å². The van der Waals surface area contributed by atoms with E-state index in [4.69, 9.17) is 5.73 Å². The van der Waals surface area contributed by atoms with Gasteiger partial charge in [-0.1, -0.05) is 22.9 Å². The molecule has 2 rings (SSSR count). The van der Waals surface area contributed by atoms with E-state index in [9.17, 15) is 0 Å². The molecule has 18 heavy (non-hydrogen) atoms. The molecular formula is C14H18BrN3. The van der Waals surface area contributed by atoms with Gasteiger partial charge < -0.3 is 5.73 Å². The first kappa shape index (κ1) is 13.1. The van der Waals surface area contributed by atoms with Crippen LogP contribution in [0.4, 0.5) is 5.69 Å². The Morgan fingerprint density at radius 3 is 2.56 bits per heavy atom. The van der Waals surface area contributed by atoms with Crippen LogP contribution < -0.4 is 5.73 Å². The fourth-order valence-electron chi connectivity index (χ4n) is 2.34. The van der Waals surface area contributed by atoms with Gasteiger partial charge in [-0.05, 0) is 49.6 Å². The van der Waals surface area contributed by atoms with E-state index in [0.29, 0.717) is 0 Å². The van der Waals surface area contributed by atoms with Crippen molar-refractivity contribution in [2.45, 2.75) is 33.7 Å². The molecule has 3 nitrogen and oxygen atoms in total. The molecule has 0 bridgehead atoms. The summed E-state index contributed by atoms with van der Waals surface area (Å²) >= 11 is 3.47. The maximum absolute atomic E-state index is 5.85. The Morgan fingerprint density at radius 2 is 2.00 bits per heavy atom. The molecule has 0 aliphatic heterocycles. The second kappa shape index (κ2) is 5.14. The standard InChI is InChI=1S/C14H18BrN3/c1-4-14-9(2)17-18(10(14)3)8-11-5-12(15)7-13(16)6-11/h5-7H,4,8,16H2,1-3H3. The lowest BCUT2D eigenvalue weighted by molar-refractivity contribution is 0.658. The van der Waals surface area contributed by atoms with Crippen LogP contribution >= 0.6 is 15.9 Å². The number of rotatable bonds is 3. The molecule has 1 aromatic carbocycles. The van der Waals surface area contributed by atoms with Crippen molar-refractivity contribution in [3.8, 4) is 0 Å². The van der Waals surface area contributed by atoms with Crippen LogP contribution in [0.5, 0.6) is 0 Å². The highest BCUT2D eigenvalue weighted by Crippen LogP contribution is 2.20. The summed E-state index contributed by atoms with van der Waals surface area (Å²) in [5.74, 6) is 0. The maximum atomic E-state index is 5.85. The van der Waals surface area contributed by atoms with Crippen molar-refractivity contribution in [3.63, 3.8) is 0 Å². The van der Waals surface area contributed by atoms with Gasteiger partial charge in [-0.2, -0.15) is 5.10 Å². The van der Waals surface area contributed by atoms with Gasteiger partial charge in [0, 0.05) is 15.9 Å². The lowest BCUT2D eigenvalue weighted by Crippen LogP contribution is -2.05. The molecular weight excluding hydrogens is 290 g/mol. The SMILES string of the molecule is CCc1c(C)nn(Cc2cc(N)cc(Br)c2)c1C. The monoisotopic (exact) mass is 307 g/mol. The number of anilines is 1. The minimum Gasteiger partial charge on any atom is -0.399 e. The fourth-order valence-corrected chi connectivity index (χ4v) is 2.90. The number of aryl methyl sites for hydroxylation is 1. The summed E-state index contributed by atoms with van der Waals surface area (Å²) in [5, 5.41) is 4.60. The normalized spacial score (nSPS) is 10.9. The van der Waals surface area contributed by atoms with E-state index in [1.54, 1.807) is 0 Å². The average Bonchev–Trinajstić information content (AvgIpc) is 2.52. The zero-order valence-electron chi connectivity index (χ0n) is 11.0. The third-order valence-corrected chi connectivity index (χ3v) is 3.65. The molecule has 0 saturated heterocycles. The molecule has 0 spiro atoms. The Kier molecular flexibility index (Phi) is 3.76. The molecule has 1 aromatic heterocycles. The second-order valence-corrected chi connectivity index (χ2v) is 5.47. The second-order valence-electron chi connectivity index (χ2n) is 4.55. The Balaban J connectivity index is 2.34. The van der Waals surface area contributed by atoms with E-state index in [1.807, 2.05) is 12.1 Å². The summed E-state index contributed by atoms with van der Waals surface area (Å²) in [6.07, 6.45) is 1.03. The average molecular weight is 308 g/mol. The summed E-state index contributed by atoms with van der Waals surface area (Å²) in [6.45, 7) is 7.12. The molecule has 0 saturated carbocycles. The Labute approximate surface area is 116 Å². The maximum Gasteiger partial charge on any atom is 0.0663 e. The molecule has 0 aliphatic rings. The first-order chi connectivity index (χ1) is 8.51. The van der Waals surface area contributed by atoms with Crippen molar-refractivity contribution in [2.24, 2.45) is 0 Å². The lowest BCUT2D eigenvalue weighted by atomic mass is 10.1. The zero-order valence-corrected chi connectivity index (χ0v) is 12.6. The van der Waals surface area contributed by atoms with Gasteiger partial charge in [-0.15, -0.1) is 0 Å². The quantitative estimate of drug-likeness (QED) is 0.883. The summed E-state index contributed by atoms with van der Waals surface area (Å²) in [6, 6.07) is 5.98. The molecule has 96 valence electrons. The number of halogens is 1. The Morgan fingerprint density at radius 1 is 1.28 bits per heavy atom. The molecule has 0 atom stereocenters. The van der Waals surface area contributed by atoms with E-state index in [1.165, 1.54) is 11.3 Å². The Bertz CT molecular complexity index is 552. The third kappa shape index (κ3) is 2.58. The summed E-state index contributed by atoms with van der Waals surface area (Å²) < 4.78 is 3.06. The van der Waals surface area contributed by atoms with Gasteiger partial charge in [0.05, 0.1) is 12.2 Å². The van der Waals surface area contributed by atoms with E-state index >= 15 is 0 Å². The molecule has 1 heterocycles. The summed E-state index contributed by atoms with van der Waals surface area (Å²) in [5.41, 5.74) is 11.5. The summed E-state index contributed by atoms with van der Waals surface area (Å²) in [4.78, 5) is 0. The van der Waals surface area contributed by atoms with Gasteiger partial charge in [0.2, 0.25) is 0 Å². The number of hydrogen-bond donors (Lipinski definition) is 1. The van der Waals surface area contributed by atoms with Crippen LogP contribution in [0.15, 0.2) is 22.7 Å². The molecule has 0 amide bonds. The topological polar surface area (TPSA) is 43.8 Å². The molecule has 4 heteroatoms. The number of benzene rings is 1. The van der Waals surface area contributed by atoms with Gasteiger partial charge in [0.1, 0.15) is 0 Å². The van der Waals surface area contributed by atoms with Gasteiger partial charge in [0.25, 0.3) is 0 Å². The van der Waals surface area contributed by atoms with Crippen molar-refractivity contribution in [1.29, 1.82) is 0 Å². The highest BCUT2D eigenvalue weighted by Gasteiger charge is 2.10. The van der Waals surface area contributed by atoms with Crippen LogP contribution in [0.2, 0.25) is 0 Å². The van der Waals surface area contributed by atoms with Crippen molar-refractivity contribution >= 4 is 21.6 Å². The van der Waals surface area contributed by atoms with Crippen molar-refractivity contribution < 1.29 is 0 Å². The van der Waals surface area contributed by atoms with Crippen molar-refractivity contribution in [2.75, 3.05) is 5.73 Å². The van der Waals surface area contributed by atoms with Gasteiger partial charge in [-0.3, -0.25) is 4.68 Å². The predicted octanol–water partition coefficient (Wildman–Crippen LogP) is 3.46. The number of hydrogen-bond acceptors (Lipinski definition) is 2. The number of nitrogen functional groups attached to an aromatic ring is 1. The van der Waals surface area contributed by atoms with Crippen molar-refractivity contribution in [3.05, 3.63) is 45.2 Å². The van der Waals surface area contributed by atoms with Crippen LogP contribution in [0, 0.1) is 13.8 Å². The van der Waals surface area contributed by atoms with Gasteiger partial charge >= 0.3 is 0 Å². The summed E-state index contributed by atoms with van der Waals surface area (Å²) in [7, 11) is 0. The Hall–Kier alpha value is -1.29. The largest absolute Gasteiger partial charge is 0.399 e. The first-order valence-corrected chi connectivity index (χ1v) is 6.88. The zero-order chi connectivity index (χ0) is 13.3. The predicted molar refractivity (Wildman–Crippen MR) is 78.7 cm³/mol. The minimum atomic E-state index is 0.760. The molecule has 2 N–H and O–H groups in total. The van der Waals surface area contributed by atoms with E-state index in [2.05, 4.69) is 52.5 Å². The fraction of sp³-hybridized carbons (Fsp3) is 0.357. The van der Waals surface area contributed by atoms with Crippen LogP contribution in [-0.4, -0.2) is 9.78 Å². The number of aromatic nitrogens is 2. The van der Waals surface area contributed by atoms with E-state index < -0.39 is 0 Å². The van der Waals surface area contributed by atoms with Crippen molar-refractivity contribution in [1.82, 2.24) is 9.78 Å². The lowest BCUT2D eigenvalue weighted by Gasteiger charge is -2.07. The van der Waals surface area contributed by atoms with Crippen LogP contribution in [0.1, 0.15) is 29.4 Å². The third-order valence-electron chi connectivity index (χ3n) is 3.20. The molecule has 2 aromatic rings. The van der Waals surface area contributed by atoms with E-state index in [-0.39, 0.29) is 0 Å². The highest BCUT2D eigenvalue weighted by molar-refractivity contribution is 9.10. The van der Waals surface area contributed by atoms with Crippen LogP contribution in [-0.2, 0) is 13.0 Å². The molecule has 0 unspecified atom stereocenters. The number of nitrogens with zero attached hydrogens (tertiary/aromatic N) is 2. The van der Waals surface area contributed by atoms with Crippen LogP contribution in [0.25, 0.3) is 0 Å². The smallest absolute Gasteiger partial charge is 0.0663 e. The first-order valence-electron chi connectivity index (χ1n) is 6.09. The van der Waals surface area contributed by atoms with Gasteiger partial charge in [-0.25, -0.2) is 0 Å². The number of nitrogens with two attached hydrogens (primary N) is 1. The molecule has 0 radical (unpaired) electrons. The molecule has 0 aliphatic carbocycles. The molecule has 0 fully saturated rings. The van der Waals surface area contributed by atoms with Crippen LogP contribution in [0.3, 0.4) is 0 Å². The highest BCUT2D eigenvalue weighted by atomic mass is 79.9.